The summed E-state index contributed by atoms with van der Waals surface area (Å²) in [6.45, 7) is 11.6. The molecule has 0 spiro atoms. The normalized spacial score (nSPS) is 15.0. The highest BCUT2D eigenvalue weighted by atomic mass is 15.0. The van der Waals surface area contributed by atoms with Crippen molar-refractivity contribution in [2.24, 2.45) is 11.8 Å². The zero-order valence-corrected chi connectivity index (χ0v) is 25.3. The van der Waals surface area contributed by atoms with Gasteiger partial charge in [-0.25, -0.2) is 0 Å². The van der Waals surface area contributed by atoms with Crippen LogP contribution in [0.1, 0.15) is 96.7 Å². The number of nitrogens with zero attached hydrogens (tertiary/aromatic N) is 2. The first-order chi connectivity index (χ1) is 19.7. The molecule has 0 radical (unpaired) electrons. The third kappa shape index (κ3) is 4.89. The number of aromatic nitrogens is 2. The molecular formula is C38H48N2. The van der Waals surface area contributed by atoms with E-state index in [9.17, 15) is 0 Å². The van der Waals surface area contributed by atoms with E-state index in [1.165, 1.54) is 101 Å². The summed E-state index contributed by atoms with van der Waals surface area (Å²) in [5.41, 5.74) is 7.26. The monoisotopic (exact) mass is 532 g/mol. The molecule has 6 rings (SSSR count). The van der Waals surface area contributed by atoms with E-state index in [-0.39, 0.29) is 0 Å². The molecule has 3 aromatic carbocycles. The Bertz CT molecular complexity index is 1660. The fraction of sp³-hybridized carbons (Fsp3) is 0.474. The van der Waals surface area contributed by atoms with Gasteiger partial charge in [0.2, 0.25) is 0 Å². The maximum atomic E-state index is 2.68. The van der Waals surface area contributed by atoms with E-state index in [1.807, 2.05) is 0 Å². The Morgan fingerprint density at radius 1 is 0.675 bits per heavy atom. The highest BCUT2D eigenvalue weighted by Crippen LogP contribution is 2.39. The van der Waals surface area contributed by atoms with Crippen molar-refractivity contribution in [3.63, 3.8) is 0 Å². The lowest BCUT2D eigenvalue weighted by atomic mass is 9.98. The third-order valence-electron chi connectivity index (χ3n) is 9.87. The molecule has 0 saturated carbocycles. The van der Waals surface area contributed by atoms with Crippen LogP contribution in [-0.2, 0) is 19.5 Å². The van der Waals surface area contributed by atoms with Crippen LogP contribution >= 0.6 is 0 Å². The average Bonchev–Trinajstić information content (AvgIpc) is 3.46. The van der Waals surface area contributed by atoms with Crippen molar-refractivity contribution in [2.45, 2.75) is 105 Å². The fourth-order valence-corrected chi connectivity index (χ4v) is 7.35. The Hall–Kier alpha value is -3.00. The van der Waals surface area contributed by atoms with Gasteiger partial charge in [0.25, 0.3) is 0 Å². The Morgan fingerprint density at radius 3 is 2.00 bits per heavy atom. The number of hydrogen-bond donors (Lipinski definition) is 0. The number of hydrogen-bond acceptors (Lipinski definition) is 0. The molecule has 0 saturated heterocycles. The molecule has 1 aliphatic rings. The first-order valence-electron chi connectivity index (χ1n) is 16.3. The minimum Gasteiger partial charge on any atom is -0.340 e. The fourth-order valence-electron chi connectivity index (χ4n) is 7.35. The minimum atomic E-state index is 0.724. The van der Waals surface area contributed by atoms with Crippen LogP contribution in [0.2, 0.25) is 0 Å². The van der Waals surface area contributed by atoms with Crippen LogP contribution in [0.3, 0.4) is 0 Å². The summed E-state index contributed by atoms with van der Waals surface area (Å²) < 4.78 is 5.32. The van der Waals surface area contributed by atoms with Crippen LogP contribution in [0.15, 0.2) is 54.6 Å². The van der Waals surface area contributed by atoms with E-state index < -0.39 is 0 Å². The molecule has 1 aliphatic carbocycles. The van der Waals surface area contributed by atoms with E-state index in [2.05, 4.69) is 97.5 Å². The quantitative estimate of drug-likeness (QED) is 0.151. The number of para-hydroxylation sites is 1. The molecule has 0 bridgehead atoms. The minimum absolute atomic E-state index is 0.724. The van der Waals surface area contributed by atoms with E-state index in [0.717, 1.165) is 37.8 Å². The second kappa shape index (κ2) is 11.9. The SMILES string of the molecule is CCCCC(CC)Cn1c2c(c3cc4cc5c6ccccc6n(CC(CC)CCCC)c5cc4cc31)CCC=C2. The van der Waals surface area contributed by atoms with Gasteiger partial charge >= 0.3 is 0 Å². The lowest BCUT2D eigenvalue weighted by molar-refractivity contribution is 0.395. The van der Waals surface area contributed by atoms with E-state index in [1.54, 1.807) is 5.56 Å². The maximum Gasteiger partial charge on any atom is 0.0497 e. The number of aryl methyl sites for hydroxylation is 1. The molecule has 2 atom stereocenters. The molecule has 2 aromatic heterocycles. The van der Waals surface area contributed by atoms with E-state index in [0.29, 0.717) is 0 Å². The van der Waals surface area contributed by atoms with Gasteiger partial charge in [-0.2, -0.15) is 0 Å². The second-order valence-electron chi connectivity index (χ2n) is 12.5. The Balaban J connectivity index is 1.54. The van der Waals surface area contributed by atoms with Crippen LogP contribution in [-0.4, -0.2) is 9.13 Å². The first kappa shape index (κ1) is 27.2. The number of unbranched alkanes of at least 4 members (excludes halogenated alkanes) is 2. The van der Waals surface area contributed by atoms with Gasteiger partial charge in [-0.15, -0.1) is 0 Å². The van der Waals surface area contributed by atoms with Crippen molar-refractivity contribution in [3.8, 4) is 0 Å². The molecule has 0 amide bonds. The summed E-state index contributed by atoms with van der Waals surface area (Å²) in [7, 11) is 0. The summed E-state index contributed by atoms with van der Waals surface area (Å²) >= 11 is 0. The number of allylic oxidation sites excluding steroid dienone is 1. The molecule has 210 valence electrons. The van der Waals surface area contributed by atoms with Crippen molar-refractivity contribution in [1.29, 1.82) is 0 Å². The first-order valence-corrected chi connectivity index (χ1v) is 16.3. The van der Waals surface area contributed by atoms with Gasteiger partial charge in [-0.05, 0) is 90.3 Å². The molecule has 2 nitrogen and oxygen atoms in total. The summed E-state index contributed by atoms with van der Waals surface area (Å²) in [6, 6.07) is 19.1. The van der Waals surface area contributed by atoms with Crippen molar-refractivity contribution < 1.29 is 0 Å². The van der Waals surface area contributed by atoms with Crippen LogP contribution in [0.5, 0.6) is 0 Å². The van der Waals surface area contributed by atoms with Crippen LogP contribution in [0.4, 0.5) is 0 Å². The maximum absolute atomic E-state index is 2.68. The lowest BCUT2D eigenvalue weighted by Gasteiger charge is -2.19. The Labute approximate surface area is 241 Å². The third-order valence-corrected chi connectivity index (χ3v) is 9.87. The zero-order chi connectivity index (χ0) is 27.6. The predicted octanol–water partition coefficient (Wildman–Crippen LogP) is 11.3. The van der Waals surface area contributed by atoms with Crippen LogP contribution in [0, 0.1) is 11.8 Å². The van der Waals surface area contributed by atoms with Gasteiger partial charge < -0.3 is 9.13 Å². The standard InChI is InChI=1S/C38H48N2/c1-5-9-15-27(7-3)25-39-35-19-13-11-17-31(35)33-21-29-22-34-32-18-12-14-20-36(32)40(26-28(8-4)16-10-6-2)38(34)24-30(29)23-37(33)39/h11,13-14,17,19-24,27-28H,5-10,12,15-16,18,25-26H2,1-4H3. The molecule has 2 heterocycles. The van der Waals surface area contributed by atoms with Crippen molar-refractivity contribution in [2.75, 3.05) is 0 Å². The topological polar surface area (TPSA) is 9.86 Å². The van der Waals surface area contributed by atoms with Crippen molar-refractivity contribution in [3.05, 3.63) is 65.9 Å². The highest BCUT2D eigenvalue weighted by Gasteiger charge is 2.21. The van der Waals surface area contributed by atoms with Gasteiger partial charge in [0, 0.05) is 51.5 Å². The number of benzene rings is 3. The second-order valence-corrected chi connectivity index (χ2v) is 12.5. The predicted molar refractivity (Wildman–Crippen MR) is 176 cm³/mol. The molecule has 0 fully saturated rings. The number of rotatable bonds is 12. The van der Waals surface area contributed by atoms with E-state index in [4.69, 9.17) is 0 Å². The van der Waals surface area contributed by atoms with Crippen molar-refractivity contribution >= 4 is 49.6 Å². The molecule has 5 aromatic rings. The Morgan fingerprint density at radius 2 is 1.30 bits per heavy atom. The summed E-state index contributed by atoms with van der Waals surface area (Å²) in [4.78, 5) is 0. The Kier molecular flexibility index (Phi) is 8.05. The molecule has 2 unspecified atom stereocenters. The van der Waals surface area contributed by atoms with Gasteiger partial charge in [0.05, 0.1) is 0 Å². The average molecular weight is 533 g/mol. The molecule has 0 N–H and O–H groups in total. The van der Waals surface area contributed by atoms with Crippen LogP contribution < -0.4 is 0 Å². The largest absolute Gasteiger partial charge is 0.340 e. The molecule has 40 heavy (non-hydrogen) atoms. The number of fused-ring (bicyclic) bond motifs is 7. The molecule has 0 aliphatic heterocycles. The van der Waals surface area contributed by atoms with Gasteiger partial charge in [-0.1, -0.05) is 90.5 Å². The van der Waals surface area contributed by atoms with E-state index >= 15 is 0 Å². The summed E-state index contributed by atoms with van der Waals surface area (Å²) in [5, 5.41) is 7.05. The van der Waals surface area contributed by atoms with Crippen LogP contribution in [0.25, 0.3) is 49.6 Å². The van der Waals surface area contributed by atoms with Gasteiger partial charge in [0.1, 0.15) is 0 Å². The summed E-state index contributed by atoms with van der Waals surface area (Å²) in [6.07, 6.45) is 17.5. The molecular weight excluding hydrogens is 484 g/mol. The smallest absolute Gasteiger partial charge is 0.0497 e. The van der Waals surface area contributed by atoms with Gasteiger partial charge in [0.15, 0.2) is 0 Å². The molecule has 2 heteroatoms. The highest BCUT2D eigenvalue weighted by molar-refractivity contribution is 6.14. The zero-order valence-electron chi connectivity index (χ0n) is 25.3. The summed E-state index contributed by atoms with van der Waals surface area (Å²) in [5.74, 6) is 1.46. The van der Waals surface area contributed by atoms with Crippen molar-refractivity contribution in [1.82, 2.24) is 9.13 Å². The van der Waals surface area contributed by atoms with Gasteiger partial charge in [-0.3, -0.25) is 0 Å². The lowest BCUT2D eigenvalue weighted by Crippen LogP contribution is -2.12.